The van der Waals surface area contributed by atoms with Gasteiger partial charge in [0, 0.05) is 11.1 Å². The van der Waals surface area contributed by atoms with E-state index in [4.69, 9.17) is 11.6 Å². The van der Waals surface area contributed by atoms with Crippen molar-refractivity contribution in [2.75, 3.05) is 0 Å². The molecule has 0 N–H and O–H groups in total. The van der Waals surface area contributed by atoms with Gasteiger partial charge in [-0.1, -0.05) is 17.7 Å². The first-order chi connectivity index (χ1) is 7.70. The van der Waals surface area contributed by atoms with Crippen LogP contribution in [0.4, 0.5) is 5.82 Å². The maximum absolute atomic E-state index is 10.3. The van der Waals surface area contributed by atoms with Crippen LogP contribution in [0.15, 0.2) is 35.3 Å². The van der Waals surface area contributed by atoms with E-state index in [1.165, 1.54) is 6.08 Å². The highest BCUT2D eigenvalue weighted by Gasteiger charge is 2.06. The number of hydrogen-bond acceptors (Lipinski definition) is 3. The first kappa shape index (κ1) is 10.6. The Bertz CT molecular complexity index is 570. The fourth-order valence-electron chi connectivity index (χ4n) is 1.41. The number of hydrogen-bond donors (Lipinski definition) is 0. The van der Waals surface area contributed by atoms with Crippen molar-refractivity contribution in [3.8, 4) is 5.69 Å². The molecule has 2 rings (SSSR count). The predicted molar refractivity (Wildman–Crippen MR) is 61.1 cm³/mol. The zero-order valence-electron chi connectivity index (χ0n) is 8.51. The van der Waals surface area contributed by atoms with Crippen LogP contribution in [0.2, 0.25) is 5.02 Å². The Labute approximate surface area is 97.2 Å². The van der Waals surface area contributed by atoms with E-state index >= 15 is 0 Å². The first-order valence-electron chi connectivity index (χ1n) is 4.61. The molecule has 0 amide bonds. The molecule has 0 aliphatic heterocycles. The summed E-state index contributed by atoms with van der Waals surface area (Å²) in [5, 5.41) is 4.83. The lowest BCUT2D eigenvalue weighted by atomic mass is 10.3. The van der Waals surface area contributed by atoms with Gasteiger partial charge in [0.05, 0.1) is 11.4 Å². The number of aromatic nitrogens is 2. The summed E-state index contributed by atoms with van der Waals surface area (Å²) >= 11 is 5.88. The van der Waals surface area contributed by atoms with Gasteiger partial charge in [-0.25, -0.2) is 9.48 Å². The summed E-state index contributed by atoms with van der Waals surface area (Å²) in [6.07, 6.45) is 1.50. The number of benzene rings is 1. The molecule has 16 heavy (non-hydrogen) atoms. The second kappa shape index (κ2) is 4.31. The van der Waals surface area contributed by atoms with E-state index in [1.807, 2.05) is 19.1 Å². The molecule has 1 aromatic carbocycles. The molecular formula is C11H8ClN3O. The summed E-state index contributed by atoms with van der Waals surface area (Å²) in [6.45, 7) is 1.82. The summed E-state index contributed by atoms with van der Waals surface area (Å²) in [5.74, 6) is 0.440. The summed E-state index contributed by atoms with van der Waals surface area (Å²) in [6, 6.07) is 8.86. The average molecular weight is 234 g/mol. The molecule has 0 fully saturated rings. The standard InChI is InChI=1S/C11H8ClN3O/c1-8-5-11(13-7-16)15(14-8)10-4-2-3-9(12)6-10/h2-6H,1H3. The molecule has 0 spiro atoms. The fraction of sp³-hybridized carbons (Fsp3) is 0.0909. The fourth-order valence-corrected chi connectivity index (χ4v) is 1.59. The van der Waals surface area contributed by atoms with Crippen molar-refractivity contribution in [2.24, 2.45) is 4.99 Å². The molecule has 1 aromatic heterocycles. The zero-order chi connectivity index (χ0) is 11.5. The number of carbonyl (C=O) groups excluding carboxylic acids is 1. The Hall–Kier alpha value is -1.90. The van der Waals surface area contributed by atoms with Crippen LogP contribution in [-0.2, 0) is 4.79 Å². The first-order valence-corrected chi connectivity index (χ1v) is 4.99. The predicted octanol–water partition coefficient (Wildman–Crippen LogP) is 2.80. The molecule has 4 nitrogen and oxygen atoms in total. The van der Waals surface area contributed by atoms with Crippen LogP contribution in [0.1, 0.15) is 5.69 Å². The summed E-state index contributed by atoms with van der Waals surface area (Å²) in [4.78, 5) is 13.9. The Morgan fingerprint density at radius 3 is 2.94 bits per heavy atom. The van der Waals surface area contributed by atoms with Gasteiger partial charge in [0.1, 0.15) is 0 Å². The Balaban J connectivity index is 2.59. The molecule has 0 bridgehead atoms. The molecule has 80 valence electrons. The normalized spacial score (nSPS) is 9.88. The topological polar surface area (TPSA) is 47.2 Å². The van der Waals surface area contributed by atoms with Crippen molar-refractivity contribution in [3.05, 3.63) is 41.0 Å². The summed E-state index contributed by atoms with van der Waals surface area (Å²) in [5.41, 5.74) is 1.53. The van der Waals surface area contributed by atoms with Crippen LogP contribution in [0.3, 0.4) is 0 Å². The molecular weight excluding hydrogens is 226 g/mol. The third kappa shape index (κ3) is 2.03. The van der Waals surface area contributed by atoms with E-state index < -0.39 is 0 Å². The zero-order valence-corrected chi connectivity index (χ0v) is 9.27. The van der Waals surface area contributed by atoms with Gasteiger partial charge in [-0.3, -0.25) is 0 Å². The minimum Gasteiger partial charge on any atom is -0.214 e. The largest absolute Gasteiger partial charge is 0.242 e. The number of rotatable bonds is 2. The number of halogens is 1. The van der Waals surface area contributed by atoms with Crippen LogP contribution < -0.4 is 0 Å². The van der Waals surface area contributed by atoms with Crippen molar-refractivity contribution in [1.82, 2.24) is 9.78 Å². The van der Waals surface area contributed by atoms with Gasteiger partial charge < -0.3 is 0 Å². The van der Waals surface area contributed by atoms with Gasteiger partial charge in [-0.2, -0.15) is 5.10 Å². The van der Waals surface area contributed by atoms with Crippen LogP contribution in [0.5, 0.6) is 0 Å². The van der Waals surface area contributed by atoms with Crippen molar-refractivity contribution < 1.29 is 4.79 Å². The van der Waals surface area contributed by atoms with Gasteiger partial charge >= 0.3 is 0 Å². The second-order valence-electron chi connectivity index (χ2n) is 3.24. The highest BCUT2D eigenvalue weighted by Crippen LogP contribution is 2.21. The highest BCUT2D eigenvalue weighted by atomic mass is 35.5. The molecule has 5 heteroatoms. The smallest absolute Gasteiger partial charge is 0.214 e. The molecule has 1 heterocycles. The van der Waals surface area contributed by atoms with E-state index in [-0.39, 0.29) is 0 Å². The summed E-state index contributed by atoms with van der Waals surface area (Å²) < 4.78 is 1.55. The third-order valence-corrected chi connectivity index (χ3v) is 2.26. The Morgan fingerprint density at radius 2 is 2.25 bits per heavy atom. The number of isocyanates is 1. The van der Waals surface area contributed by atoms with Crippen molar-refractivity contribution in [2.45, 2.75) is 6.92 Å². The van der Waals surface area contributed by atoms with E-state index in [2.05, 4.69) is 10.1 Å². The quantitative estimate of drug-likeness (QED) is 0.592. The molecule has 0 radical (unpaired) electrons. The van der Waals surface area contributed by atoms with E-state index in [1.54, 1.807) is 22.9 Å². The van der Waals surface area contributed by atoms with E-state index in [9.17, 15) is 4.79 Å². The SMILES string of the molecule is Cc1cc(N=C=O)n(-c2cccc(Cl)c2)n1. The van der Waals surface area contributed by atoms with Crippen molar-refractivity contribution in [1.29, 1.82) is 0 Å². The van der Waals surface area contributed by atoms with E-state index in [0.29, 0.717) is 10.8 Å². The van der Waals surface area contributed by atoms with Gasteiger partial charge in [0.25, 0.3) is 0 Å². The molecule has 0 aliphatic carbocycles. The molecule has 2 aromatic rings. The number of nitrogens with zero attached hydrogens (tertiary/aromatic N) is 3. The van der Waals surface area contributed by atoms with Crippen LogP contribution in [-0.4, -0.2) is 15.9 Å². The second-order valence-corrected chi connectivity index (χ2v) is 3.68. The lowest BCUT2D eigenvalue weighted by molar-refractivity contribution is 0.565. The monoisotopic (exact) mass is 233 g/mol. The molecule has 0 aliphatic rings. The lowest BCUT2D eigenvalue weighted by Crippen LogP contribution is -1.95. The molecule has 0 atom stereocenters. The highest BCUT2D eigenvalue weighted by molar-refractivity contribution is 6.30. The van der Waals surface area contributed by atoms with E-state index in [0.717, 1.165) is 11.4 Å². The minimum absolute atomic E-state index is 0.440. The summed E-state index contributed by atoms with van der Waals surface area (Å²) in [7, 11) is 0. The van der Waals surface area contributed by atoms with Crippen LogP contribution in [0, 0.1) is 6.92 Å². The van der Waals surface area contributed by atoms with Crippen LogP contribution in [0.25, 0.3) is 5.69 Å². The Kier molecular flexibility index (Phi) is 2.86. The van der Waals surface area contributed by atoms with Gasteiger partial charge in [0.15, 0.2) is 5.82 Å². The number of aryl methyl sites for hydroxylation is 1. The number of aliphatic imine (C=N–C) groups is 1. The maximum atomic E-state index is 10.3. The maximum Gasteiger partial charge on any atom is 0.242 e. The van der Waals surface area contributed by atoms with Crippen molar-refractivity contribution >= 4 is 23.5 Å². The Morgan fingerprint density at radius 1 is 1.44 bits per heavy atom. The third-order valence-electron chi connectivity index (χ3n) is 2.03. The van der Waals surface area contributed by atoms with Gasteiger partial charge in [-0.15, -0.1) is 4.99 Å². The molecule has 0 unspecified atom stereocenters. The molecule has 0 saturated carbocycles. The minimum atomic E-state index is 0.440. The van der Waals surface area contributed by atoms with Crippen LogP contribution >= 0.6 is 11.6 Å². The van der Waals surface area contributed by atoms with Gasteiger partial charge in [-0.05, 0) is 25.1 Å². The van der Waals surface area contributed by atoms with Gasteiger partial charge in [0.2, 0.25) is 6.08 Å². The average Bonchev–Trinajstić information content (AvgIpc) is 2.60. The molecule has 0 saturated heterocycles. The lowest BCUT2D eigenvalue weighted by Gasteiger charge is -2.02. The van der Waals surface area contributed by atoms with Crippen molar-refractivity contribution in [3.63, 3.8) is 0 Å².